The Morgan fingerprint density at radius 2 is 1.73 bits per heavy atom. The molecule has 6 nitrogen and oxygen atoms in total. The molecular weight excluding hydrogens is 382 g/mol. The van der Waals surface area contributed by atoms with Gasteiger partial charge in [0.2, 0.25) is 0 Å². The van der Waals surface area contributed by atoms with E-state index in [0.717, 1.165) is 18.4 Å². The number of benzene rings is 2. The van der Waals surface area contributed by atoms with Crippen molar-refractivity contribution in [1.29, 1.82) is 0 Å². The van der Waals surface area contributed by atoms with Gasteiger partial charge in [-0.2, -0.15) is 0 Å². The summed E-state index contributed by atoms with van der Waals surface area (Å²) < 4.78 is 11.5. The van der Waals surface area contributed by atoms with Gasteiger partial charge in [0.05, 0.1) is 5.39 Å². The monoisotopic (exact) mass is 405 g/mol. The standard InChI is InChI=1S/C24H23NO5/c1-15-20(26)18-11-8-12-19(22(18)30-21(15)17-9-4-3-5-10-17)24(28)29-16(2)23(27)25-13-6-7-14-25/h3-5,8-12,16H,6-7,13-14H2,1-2H3/t16-/m0/s1. The van der Waals surface area contributed by atoms with Crippen LogP contribution in [0.25, 0.3) is 22.3 Å². The minimum absolute atomic E-state index is 0.128. The van der Waals surface area contributed by atoms with Crippen LogP contribution < -0.4 is 5.43 Å². The fourth-order valence-corrected chi connectivity index (χ4v) is 3.80. The lowest BCUT2D eigenvalue weighted by atomic mass is 10.0. The van der Waals surface area contributed by atoms with Gasteiger partial charge < -0.3 is 14.1 Å². The van der Waals surface area contributed by atoms with Crippen LogP contribution in [0, 0.1) is 6.92 Å². The molecule has 0 saturated carbocycles. The van der Waals surface area contributed by atoms with Gasteiger partial charge in [-0.25, -0.2) is 4.79 Å². The Bertz CT molecular complexity index is 1160. The Kier molecular flexibility index (Phi) is 5.40. The second kappa shape index (κ2) is 8.14. The van der Waals surface area contributed by atoms with Crippen LogP contribution in [0.4, 0.5) is 0 Å². The van der Waals surface area contributed by atoms with Gasteiger partial charge in [-0.1, -0.05) is 36.4 Å². The van der Waals surface area contributed by atoms with Gasteiger partial charge >= 0.3 is 5.97 Å². The largest absolute Gasteiger partial charge is 0.455 e. The zero-order valence-electron chi connectivity index (χ0n) is 17.0. The fourth-order valence-electron chi connectivity index (χ4n) is 3.80. The summed E-state index contributed by atoms with van der Waals surface area (Å²) in [7, 11) is 0. The molecule has 6 heteroatoms. The minimum atomic E-state index is -0.906. The Labute approximate surface area is 174 Å². The first-order valence-corrected chi connectivity index (χ1v) is 10.1. The van der Waals surface area contributed by atoms with Gasteiger partial charge in [0.15, 0.2) is 17.1 Å². The van der Waals surface area contributed by atoms with Crippen LogP contribution in [0.1, 0.15) is 35.7 Å². The molecule has 2 heterocycles. The number of ether oxygens (including phenoxy) is 1. The van der Waals surface area contributed by atoms with E-state index >= 15 is 0 Å². The number of esters is 1. The van der Waals surface area contributed by atoms with E-state index < -0.39 is 12.1 Å². The van der Waals surface area contributed by atoms with Crippen molar-refractivity contribution in [2.24, 2.45) is 0 Å². The third kappa shape index (κ3) is 3.61. The lowest BCUT2D eigenvalue weighted by Gasteiger charge is -2.20. The molecule has 30 heavy (non-hydrogen) atoms. The van der Waals surface area contributed by atoms with E-state index in [9.17, 15) is 14.4 Å². The van der Waals surface area contributed by atoms with Crippen molar-refractivity contribution < 1.29 is 18.7 Å². The molecule has 1 atom stereocenters. The van der Waals surface area contributed by atoms with Crippen molar-refractivity contribution in [2.75, 3.05) is 13.1 Å². The van der Waals surface area contributed by atoms with Crippen molar-refractivity contribution in [1.82, 2.24) is 4.90 Å². The molecule has 0 N–H and O–H groups in total. The van der Waals surface area contributed by atoms with Gasteiger partial charge in [0.25, 0.3) is 5.91 Å². The highest BCUT2D eigenvalue weighted by molar-refractivity contribution is 6.03. The number of nitrogens with zero attached hydrogens (tertiary/aromatic N) is 1. The molecule has 0 unspecified atom stereocenters. The third-order valence-electron chi connectivity index (χ3n) is 5.45. The lowest BCUT2D eigenvalue weighted by Crippen LogP contribution is -2.38. The molecule has 1 aliphatic heterocycles. The molecule has 154 valence electrons. The summed E-state index contributed by atoms with van der Waals surface area (Å²) in [5.41, 5.74) is 1.30. The molecule has 1 saturated heterocycles. The maximum atomic E-state index is 12.9. The fraction of sp³-hybridized carbons (Fsp3) is 0.292. The van der Waals surface area contributed by atoms with Crippen LogP contribution in [0.5, 0.6) is 0 Å². The molecule has 0 radical (unpaired) electrons. The van der Waals surface area contributed by atoms with Crippen LogP contribution in [0.15, 0.2) is 57.7 Å². The number of hydrogen-bond donors (Lipinski definition) is 0. The number of para-hydroxylation sites is 1. The molecule has 1 aromatic heterocycles. The van der Waals surface area contributed by atoms with Crippen molar-refractivity contribution in [2.45, 2.75) is 32.8 Å². The van der Waals surface area contributed by atoms with Gasteiger partial charge in [0, 0.05) is 24.2 Å². The van der Waals surface area contributed by atoms with E-state index in [0.29, 0.717) is 29.8 Å². The first-order chi connectivity index (χ1) is 14.5. The third-order valence-corrected chi connectivity index (χ3v) is 5.45. The Morgan fingerprint density at radius 3 is 2.43 bits per heavy atom. The number of carbonyl (C=O) groups excluding carboxylic acids is 2. The molecule has 2 aromatic carbocycles. The number of hydrogen-bond acceptors (Lipinski definition) is 5. The summed E-state index contributed by atoms with van der Waals surface area (Å²) in [6, 6.07) is 14.0. The second-order valence-corrected chi connectivity index (χ2v) is 7.51. The van der Waals surface area contributed by atoms with E-state index in [1.807, 2.05) is 30.3 Å². The molecule has 4 rings (SSSR count). The smallest absolute Gasteiger partial charge is 0.342 e. The highest BCUT2D eigenvalue weighted by atomic mass is 16.5. The summed E-state index contributed by atoms with van der Waals surface area (Å²) in [4.78, 5) is 40.0. The van der Waals surface area contributed by atoms with Crippen molar-refractivity contribution in [3.05, 3.63) is 69.9 Å². The van der Waals surface area contributed by atoms with Crippen molar-refractivity contribution in [3.63, 3.8) is 0 Å². The van der Waals surface area contributed by atoms with Crippen LogP contribution in [-0.4, -0.2) is 36.0 Å². The summed E-state index contributed by atoms with van der Waals surface area (Å²) in [6.07, 6.45) is 1.02. The summed E-state index contributed by atoms with van der Waals surface area (Å²) in [5.74, 6) is -0.482. The zero-order chi connectivity index (χ0) is 21.3. The summed E-state index contributed by atoms with van der Waals surface area (Å²) in [5, 5.41) is 0.306. The molecule has 0 spiro atoms. The van der Waals surface area contributed by atoms with E-state index in [-0.39, 0.29) is 22.5 Å². The molecule has 1 aliphatic rings. The molecule has 3 aromatic rings. The summed E-state index contributed by atoms with van der Waals surface area (Å²) in [6.45, 7) is 4.64. The van der Waals surface area contributed by atoms with Crippen molar-refractivity contribution in [3.8, 4) is 11.3 Å². The van der Waals surface area contributed by atoms with E-state index in [2.05, 4.69) is 0 Å². The van der Waals surface area contributed by atoms with Gasteiger partial charge in [-0.15, -0.1) is 0 Å². The molecule has 0 bridgehead atoms. The molecule has 1 amide bonds. The van der Waals surface area contributed by atoms with Crippen LogP contribution in [0.3, 0.4) is 0 Å². The van der Waals surface area contributed by atoms with Crippen LogP contribution in [-0.2, 0) is 9.53 Å². The molecule has 0 aliphatic carbocycles. The minimum Gasteiger partial charge on any atom is -0.455 e. The Morgan fingerprint density at radius 1 is 1.03 bits per heavy atom. The van der Waals surface area contributed by atoms with Gasteiger partial charge in [-0.05, 0) is 38.8 Å². The Hall–Kier alpha value is -3.41. The normalized spacial score (nSPS) is 14.7. The molecular formula is C24H23NO5. The highest BCUT2D eigenvalue weighted by Crippen LogP contribution is 2.27. The summed E-state index contributed by atoms with van der Waals surface area (Å²) >= 11 is 0. The Balaban J connectivity index is 1.72. The number of amides is 1. The maximum absolute atomic E-state index is 12.9. The van der Waals surface area contributed by atoms with Gasteiger partial charge in [-0.3, -0.25) is 9.59 Å². The predicted octanol–water partition coefficient (Wildman–Crippen LogP) is 3.94. The SMILES string of the molecule is Cc1c(-c2ccccc2)oc2c(C(=O)O[C@@H](C)C(=O)N3CCCC3)cccc2c1=O. The van der Waals surface area contributed by atoms with Crippen LogP contribution in [0.2, 0.25) is 0 Å². The first-order valence-electron chi connectivity index (χ1n) is 10.1. The van der Waals surface area contributed by atoms with Crippen LogP contribution >= 0.6 is 0 Å². The quantitative estimate of drug-likeness (QED) is 0.615. The van der Waals surface area contributed by atoms with Gasteiger partial charge in [0.1, 0.15) is 11.3 Å². The zero-order valence-corrected chi connectivity index (χ0v) is 17.0. The topological polar surface area (TPSA) is 76.8 Å². The average molecular weight is 405 g/mol. The molecule has 1 fully saturated rings. The number of fused-ring (bicyclic) bond motifs is 1. The van der Waals surface area contributed by atoms with E-state index in [4.69, 9.17) is 9.15 Å². The van der Waals surface area contributed by atoms with E-state index in [1.54, 1.807) is 36.9 Å². The number of carbonyl (C=O) groups is 2. The predicted molar refractivity (Wildman–Crippen MR) is 113 cm³/mol. The maximum Gasteiger partial charge on any atom is 0.342 e. The highest BCUT2D eigenvalue weighted by Gasteiger charge is 2.27. The second-order valence-electron chi connectivity index (χ2n) is 7.51. The lowest BCUT2D eigenvalue weighted by molar-refractivity contribution is -0.138. The average Bonchev–Trinajstić information content (AvgIpc) is 3.30. The van der Waals surface area contributed by atoms with Crippen molar-refractivity contribution >= 4 is 22.8 Å². The first kappa shape index (κ1) is 19.9. The van der Waals surface area contributed by atoms with E-state index in [1.165, 1.54) is 0 Å². The number of likely N-dealkylation sites (tertiary alicyclic amines) is 1. The number of rotatable bonds is 4.